The molecule has 1 aromatic rings. The molecule has 6 heteroatoms. The zero-order valence-electron chi connectivity index (χ0n) is 10.9. The van der Waals surface area contributed by atoms with E-state index in [4.69, 9.17) is 0 Å². The van der Waals surface area contributed by atoms with Gasteiger partial charge in [0.15, 0.2) is 0 Å². The van der Waals surface area contributed by atoms with Crippen LogP contribution in [-0.2, 0) is 7.05 Å². The Morgan fingerprint density at radius 3 is 2.65 bits per heavy atom. The summed E-state index contributed by atoms with van der Waals surface area (Å²) in [6, 6.07) is 0.258. The number of nitrogens with zero attached hydrogens (tertiary/aromatic N) is 3. The van der Waals surface area contributed by atoms with Crippen LogP contribution in [0.25, 0.3) is 0 Å². The number of aryl methyl sites for hydroxylation is 1. The lowest BCUT2D eigenvalue weighted by molar-refractivity contribution is -0.388. The smallest absolute Gasteiger partial charge is 0.362 e. The van der Waals surface area contributed by atoms with Gasteiger partial charge >= 0.3 is 5.82 Å². The predicted octanol–water partition coefficient (Wildman–Crippen LogP) is 2.63. The number of aromatic nitrogens is 2. The second-order valence-corrected chi connectivity index (χ2v) is 4.19. The minimum absolute atomic E-state index is 0.0837. The molecule has 0 aliphatic heterocycles. The van der Waals surface area contributed by atoms with Gasteiger partial charge < -0.3 is 15.4 Å². The molecule has 6 nitrogen and oxygen atoms in total. The second kappa shape index (κ2) is 5.65. The van der Waals surface area contributed by atoms with E-state index in [0.29, 0.717) is 11.6 Å². The van der Waals surface area contributed by atoms with Crippen molar-refractivity contribution in [3.8, 4) is 0 Å². The quantitative estimate of drug-likeness (QED) is 0.612. The fraction of sp³-hybridized carbons (Fsp3) is 0.727. The van der Waals surface area contributed by atoms with Crippen molar-refractivity contribution in [1.29, 1.82) is 0 Å². The van der Waals surface area contributed by atoms with Crippen LogP contribution in [0.15, 0.2) is 0 Å². The van der Waals surface area contributed by atoms with Gasteiger partial charge in [-0.3, -0.25) is 4.57 Å². The summed E-state index contributed by atoms with van der Waals surface area (Å²) >= 11 is 0. The third-order valence-corrected chi connectivity index (χ3v) is 2.94. The first kappa shape index (κ1) is 13.5. The number of rotatable bonds is 6. The monoisotopic (exact) mass is 240 g/mol. The highest BCUT2D eigenvalue weighted by Crippen LogP contribution is 2.25. The summed E-state index contributed by atoms with van der Waals surface area (Å²) in [6.45, 7) is 5.94. The van der Waals surface area contributed by atoms with Crippen molar-refractivity contribution in [3.05, 3.63) is 15.9 Å². The van der Waals surface area contributed by atoms with Crippen molar-refractivity contribution in [2.75, 3.05) is 5.32 Å². The van der Waals surface area contributed by atoms with Crippen molar-refractivity contribution < 1.29 is 4.92 Å². The molecular formula is C11H20N4O2. The van der Waals surface area contributed by atoms with Crippen LogP contribution < -0.4 is 5.32 Å². The summed E-state index contributed by atoms with van der Waals surface area (Å²) in [4.78, 5) is 14.4. The van der Waals surface area contributed by atoms with E-state index in [1.54, 1.807) is 18.5 Å². The molecule has 0 aliphatic rings. The summed E-state index contributed by atoms with van der Waals surface area (Å²) in [5.41, 5.74) is 0. The van der Waals surface area contributed by atoms with Crippen molar-refractivity contribution in [2.24, 2.45) is 7.05 Å². The molecule has 0 radical (unpaired) electrons. The number of imidazole rings is 1. The standard InChI is InChI=1S/C11H20N4O2/c1-5-7-9(6-2)13-10-11(15(16)17)12-8(3)14(10)4/h9,13H,5-7H2,1-4H3. The molecule has 96 valence electrons. The molecule has 0 aromatic carbocycles. The lowest BCUT2D eigenvalue weighted by Gasteiger charge is -2.16. The Morgan fingerprint density at radius 2 is 2.18 bits per heavy atom. The van der Waals surface area contributed by atoms with E-state index in [1.165, 1.54) is 0 Å². The van der Waals surface area contributed by atoms with E-state index in [0.717, 1.165) is 19.3 Å². The molecular weight excluding hydrogens is 220 g/mol. The van der Waals surface area contributed by atoms with E-state index in [1.807, 2.05) is 0 Å². The van der Waals surface area contributed by atoms with E-state index in [-0.39, 0.29) is 11.9 Å². The van der Waals surface area contributed by atoms with Crippen molar-refractivity contribution >= 4 is 11.6 Å². The molecule has 1 aromatic heterocycles. The molecule has 1 unspecified atom stereocenters. The number of nitrogens with one attached hydrogen (secondary N) is 1. The van der Waals surface area contributed by atoms with Gasteiger partial charge in [0.2, 0.25) is 11.6 Å². The molecule has 0 spiro atoms. The van der Waals surface area contributed by atoms with Crippen LogP contribution in [0.4, 0.5) is 11.6 Å². The molecule has 1 N–H and O–H groups in total. The first-order chi connectivity index (χ1) is 8.01. The van der Waals surface area contributed by atoms with Gasteiger partial charge in [-0.1, -0.05) is 20.3 Å². The lowest BCUT2D eigenvalue weighted by atomic mass is 10.1. The van der Waals surface area contributed by atoms with Crippen LogP contribution in [0.5, 0.6) is 0 Å². The molecule has 0 fully saturated rings. The van der Waals surface area contributed by atoms with E-state index < -0.39 is 4.92 Å². The summed E-state index contributed by atoms with van der Waals surface area (Å²) < 4.78 is 1.73. The van der Waals surface area contributed by atoms with Crippen LogP contribution in [-0.4, -0.2) is 20.5 Å². The van der Waals surface area contributed by atoms with Crippen LogP contribution >= 0.6 is 0 Å². The normalized spacial score (nSPS) is 12.5. The molecule has 0 bridgehead atoms. The minimum atomic E-state index is -0.437. The summed E-state index contributed by atoms with van der Waals surface area (Å²) in [5, 5.41) is 14.1. The Kier molecular flexibility index (Phi) is 4.48. The van der Waals surface area contributed by atoms with Gasteiger partial charge in [0.25, 0.3) is 0 Å². The number of hydrogen-bond donors (Lipinski definition) is 1. The molecule has 1 atom stereocenters. The van der Waals surface area contributed by atoms with Gasteiger partial charge in [-0.25, -0.2) is 0 Å². The number of anilines is 1. The van der Waals surface area contributed by atoms with Crippen LogP contribution in [0.1, 0.15) is 38.9 Å². The average Bonchev–Trinajstić information content (AvgIpc) is 2.56. The summed E-state index contributed by atoms with van der Waals surface area (Å²) in [7, 11) is 1.79. The van der Waals surface area contributed by atoms with Gasteiger partial charge in [0.05, 0.1) is 0 Å². The van der Waals surface area contributed by atoms with Crippen LogP contribution in [0, 0.1) is 17.0 Å². The third kappa shape index (κ3) is 2.95. The van der Waals surface area contributed by atoms with E-state index in [2.05, 4.69) is 24.1 Å². The number of hydrogen-bond acceptors (Lipinski definition) is 4. The van der Waals surface area contributed by atoms with Gasteiger partial charge in [0, 0.05) is 20.0 Å². The molecule has 0 saturated carbocycles. The Hall–Kier alpha value is -1.59. The lowest BCUT2D eigenvalue weighted by Crippen LogP contribution is -2.20. The zero-order valence-corrected chi connectivity index (χ0v) is 10.9. The Labute approximate surface area is 101 Å². The van der Waals surface area contributed by atoms with Gasteiger partial charge in [-0.15, -0.1) is 0 Å². The maximum absolute atomic E-state index is 10.9. The molecule has 0 amide bonds. The predicted molar refractivity (Wildman–Crippen MR) is 67.2 cm³/mol. The third-order valence-electron chi connectivity index (χ3n) is 2.94. The molecule has 1 heterocycles. The Balaban J connectivity index is 2.99. The van der Waals surface area contributed by atoms with E-state index >= 15 is 0 Å². The molecule has 0 aliphatic carbocycles. The largest absolute Gasteiger partial charge is 0.406 e. The van der Waals surface area contributed by atoms with Gasteiger partial charge in [0.1, 0.15) is 0 Å². The highest BCUT2D eigenvalue weighted by atomic mass is 16.6. The maximum Gasteiger partial charge on any atom is 0.406 e. The highest BCUT2D eigenvalue weighted by Gasteiger charge is 2.24. The summed E-state index contributed by atoms with van der Waals surface area (Å²) in [5.74, 6) is 1.07. The topological polar surface area (TPSA) is 73.0 Å². The fourth-order valence-electron chi connectivity index (χ4n) is 1.80. The fourth-order valence-corrected chi connectivity index (χ4v) is 1.80. The average molecular weight is 240 g/mol. The first-order valence-corrected chi connectivity index (χ1v) is 5.95. The first-order valence-electron chi connectivity index (χ1n) is 5.95. The van der Waals surface area contributed by atoms with E-state index in [9.17, 15) is 10.1 Å². The van der Waals surface area contributed by atoms with Crippen molar-refractivity contribution in [2.45, 2.75) is 46.1 Å². The maximum atomic E-state index is 10.9. The molecule has 0 saturated heterocycles. The highest BCUT2D eigenvalue weighted by molar-refractivity contribution is 5.54. The Morgan fingerprint density at radius 1 is 1.53 bits per heavy atom. The number of nitro groups is 1. The SMILES string of the molecule is CCCC(CC)Nc1c([N+](=O)[O-])nc(C)n1C. The van der Waals surface area contributed by atoms with Crippen LogP contribution in [0.2, 0.25) is 0 Å². The Bertz CT molecular complexity index is 400. The molecule has 17 heavy (non-hydrogen) atoms. The van der Waals surface area contributed by atoms with Crippen molar-refractivity contribution in [1.82, 2.24) is 9.55 Å². The van der Waals surface area contributed by atoms with Crippen molar-refractivity contribution in [3.63, 3.8) is 0 Å². The minimum Gasteiger partial charge on any atom is -0.362 e. The van der Waals surface area contributed by atoms with Gasteiger partial charge in [-0.2, -0.15) is 0 Å². The van der Waals surface area contributed by atoms with Gasteiger partial charge in [-0.05, 0) is 22.7 Å². The molecule has 1 rings (SSSR count). The second-order valence-electron chi connectivity index (χ2n) is 4.19. The van der Waals surface area contributed by atoms with Crippen LogP contribution in [0.3, 0.4) is 0 Å². The zero-order chi connectivity index (χ0) is 13.0. The summed E-state index contributed by atoms with van der Waals surface area (Å²) in [6.07, 6.45) is 2.99.